The number of carbonyl (C=O) groups is 2. The highest BCUT2D eigenvalue weighted by Crippen LogP contribution is 2.20. The summed E-state index contributed by atoms with van der Waals surface area (Å²) in [4.78, 5) is 22.1. The number of piperidine rings is 1. The molecular formula is C21H33ClN2O6. The fourth-order valence-corrected chi connectivity index (χ4v) is 3.48. The highest BCUT2D eigenvalue weighted by atomic mass is 35.5. The Hall–Kier alpha value is -1.71. The molecule has 1 aromatic carbocycles. The highest BCUT2D eigenvalue weighted by Gasteiger charge is 2.29. The Morgan fingerprint density at radius 3 is 2.10 bits per heavy atom. The summed E-state index contributed by atoms with van der Waals surface area (Å²) in [6.07, 6.45) is -1.93. The third kappa shape index (κ3) is 9.86. The highest BCUT2D eigenvalue weighted by molar-refractivity contribution is 6.31. The molecule has 0 spiro atoms. The number of hydrogen-bond acceptors (Lipinski definition) is 6. The van der Waals surface area contributed by atoms with Crippen molar-refractivity contribution in [1.82, 2.24) is 10.2 Å². The number of aliphatic hydroxyl groups excluding tert-OH is 2. The molecule has 1 aliphatic rings. The summed E-state index contributed by atoms with van der Waals surface area (Å²) in [5, 5.41) is 36.9. The van der Waals surface area contributed by atoms with E-state index in [0.717, 1.165) is 24.0 Å². The standard InChI is InChI=1S/C17H27ClN2.C4H6O6/c1-14(2)11-20(12-15-7-9-19-10-8-15)13-16-5-3-4-6-17(16)18;5-1(3(7)8)2(6)4(9)10/h3-6,14-15,19H,7-13H2,1-2H3;1-2,5-6H,(H,7,8)(H,9,10)/t;1-,2-/m.1/s1. The van der Waals surface area contributed by atoms with Gasteiger partial charge in [-0.05, 0) is 49.4 Å². The molecule has 30 heavy (non-hydrogen) atoms. The molecule has 1 aliphatic heterocycles. The number of rotatable bonds is 9. The number of aliphatic carboxylic acids is 2. The van der Waals surface area contributed by atoms with Gasteiger partial charge in [-0.15, -0.1) is 0 Å². The van der Waals surface area contributed by atoms with E-state index in [2.05, 4.69) is 36.2 Å². The van der Waals surface area contributed by atoms with Crippen LogP contribution in [-0.4, -0.2) is 75.7 Å². The summed E-state index contributed by atoms with van der Waals surface area (Å²) in [5.74, 6) is -2.01. The Morgan fingerprint density at radius 1 is 1.10 bits per heavy atom. The van der Waals surface area contributed by atoms with Crippen LogP contribution in [0.15, 0.2) is 24.3 Å². The topological polar surface area (TPSA) is 130 Å². The second-order valence-electron chi connectivity index (χ2n) is 7.94. The zero-order chi connectivity index (χ0) is 22.7. The Bertz CT molecular complexity index is 649. The SMILES string of the molecule is CC(C)CN(Cc1ccccc1Cl)CC1CCNCC1.O=C(O)[C@H](O)[C@@H](O)C(=O)O. The molecule has 0 bridgehead atoms. The van der Waals surface area contributed by atoms with E-state index in [0.29, 0.717) is 5.92 Å². The van der Waals surface area contributed by atoms with Gasteiger partial charge in [-0.2, -0.15) is 0 Å². The normalized spacial score (nSPS) is 16.6. The second-order valence-corrected chi connectivity index (χ2v) is 8.35. The second kappa shape index (κ2) is 13.6. The average Bonchev–Trinajstić information content (AvgIpc) is 2.69. The monoisotopic (exact) mass is 444 g/mol. The summed E-state index contributed by atoms with van der Waals surface area (Å²) in [6.45, 7) is 10.3. The van der Waals surface area contributed by atoms with E-state index >= 15 is 0 Å². The molecule has 1 heterocycles. The van der Waals surface area contributed by atoms with Gasteiger partial charge < -0.3 is 25.7 Å². The van der Waals surface area contributed by atoms with Crippen LogP contribution < -0.4 is 5.32 Å². The molecule has 0 aliphatic carbocycles. The number of halogens is 1. The van der Waals surface area contributed by atoms with Crippen LogP contribution in [0.5, 0.6) is 0 Å². The molecule has 0 aromatic heterocycles. The lowest BCUT2D eigenvalue weighted by Gasteiger charge is -2.31. The van der Waals surface area contributed by atoms with Crippen LogP contribution in [0, 0.1) is 11.8 Å². The first-order chi connectivity index (χ1) is 14.1. The molecule has 1 fully saturated rings. The maximum Gasteiger partial charge on any atom is 0.335 e. The van der Waals surface area contributed by atoms with E-state index in [-0.39, 0.29) is 0 Å². The van der Waals surface area contributed by atoms with Crippen molar-refractivity contribution in [3.05, 3.63) is 34.9 Å². The minimum atomic E-state index is -2.27. The van der Waals surface area contributed by atoms with E-state index < -0.39 is 24.1 Å². The lowest BCUT2D eigenvalue weighted by atomic mass is 9.97. The summed E-state index contributed by atoms with van der Waals surface area (Å²) >= 11 is 6.31. The molecule has 1 aromatic rings. The number of aliphatic hydroxyl groups is 2. The van der Waals surface area contributed by atoms with Gasteiger partial charge in [-0.1, -0.05) is 43.6 Å². The lowest BCUT2D eigenvalue weighted by Crippen LogP contribution is -2.39. The van der Waals surface area contributed by atoms with Gasteiger partial charge in [-0.3, -0.25) is 4.90 Å². The summed E-state index contributed by atoms with van der Waals surface area (Å²) in [5.41, 5.74) is 1.25. The molecule has 0 amide bonds. The molecule has 0 unspecified atom stereocenters. The van der Waals surface area contributed by atoms with Crippen LogP contribution in [0.2, 0.25) is 5.02 Å². The van der Waals surface area contributed by atoms with Crippen molar-refractivity contribution < 1.29 is 30.0 Å². The van der Waals surface area contributed by atoms with Crippen molar-refractivity contribution in [1.29, 1.82) is 0 Å². The smallest absolute Gasteiger partial charge is 0.335 e. The summed E-state index contributed by atoms with van der Waals surface area (Å²) in [6, 6.07) is 8.23. The van der Waals surface area contributed by atoms with Gasteiger partial charge in [0.05, 0.1) is 0 Å². The van der Waals surface area contributed by atoms with Crippen molar-refractivity contribution >= 4 is 23.5 Å². The number of nitrogens with zero attached hydrogens (tertiary/aromatic N) is 1. The lowest BCUT2D eigenvalue weighted by molar-refractivity contribution is -0.165. The van der Waals surface area contributed by atoms with Crippen molar-refractivity contribution in [2.75, 3.05) is 26.2 Å². The summed E-state index contributed by atoms with van der Waals surface area (Å²) < 4.78 is 0. The van der Waals surface area contributed by atoms with Gasteiger partial charge in [-0.25, -0.2) is 9.59 Å². The third-order valence-electron chi connectivity index (χ3n) is 4.76. The summed E-state index contributed by atoms with van der Waals surface area (Å²) in [7, 11) is 0. The Kier molecular flexibility index (Phi) is 11.9. The quantitative estimate of drug-likeness (QED) is 0.389. The van der Waals surface area contributed by atoms with Crippen molar-refractivity contribution in [3.63, 3.8) is 0 Å². The maximum atomic E-state index is 9.77. The number of hydrogen-bond donors (Lipinski definition) is 5. The molecule has 170 valence electrons. The van der Waals surface area contributed by atoms with Gasteiger partial charge in [0.25, 0.3) is 0 Å². The molecule has 5 N–H and O–H groups in total. The minimum Gasteiger partial charge on any atom is -0.479 e. The molecule has 8 nitrogen and oxygen atoms in total. The van der Waals surface area contributed by atoms with Crippen LogP contribution in [0.25, 0.3) is 0 Å². The van der Waals surface area contributed by atoms with E-state index in [9.17, 15) is 9.59 Å². The molecule has 0 radical (unpaired) electrons. The van der Waals surface area contributed by atoms with Crippen LogP contribution in [0.1, 0.15) is 32.3 Å². The first-order valence-corrected chi connectivity index (χ1v) is 10.5. The first-order valence-electron chi connectivity index (χ1n) is 10.1. The van der Waals surface area contributed by atoms with Crippen molar-refractivity contribution in [2.24, 2.45) is 11.8 Å². The molecule has 2 atom stereocenters. The fraction of sp³-hybridized carbons (Fsp3) is 0.619. The van der Waals surface area contributed by atoms with E-state index in [1.54, 1.807) is 0 Å². The largest absolute Gasteiger partial charge is 0.479 e. The van der Waals surface area contributed by atoms with E-state index in [1.165, 1.54) is 38.0 Å². The Labute approximate surface area is 182 Å². The minimum absolute atomic E-state index is 0.694. The zero-order valence-electron chi connectivity index (χ0n) is 17.5. The Balaban J connectivity index is 0.000000382. The fourth-order valence-electron chi connectivity index (χ4n) is 3.29. The van der Waals surface area contributed by atoms with Crippen molar-refractivity contribution in [3.8, 4) is 0 Å². The van der Waals surface area contributed by atoms with Gasteiger partial charge in [0.2, 0.25) is 0 Å². The number of nitrogens with one attached hydrogen (secondary N) is 1. The molecule has 2 rings (SSSR count). The van der Waals surface area contributed by atoms with Crippen LogP contribution in [0.3, 0.4) is 0 Å². The Morgan fingerprint density at radius 2 is 1.63 bits per heavy atom. The average molecular weight is 445 g/mol. The van der Waals surface area contributed by atoms with E-state index in [4.69, 9.17) is 32.0 Å². The first kappa shape index (κ1) is 26.3. The predicted octanol–water partition coefficient (Wildman–Crippen LogP) is 1.67. The zero-order valence-corrected chi connectivity index (χ0v) is 18.3. The van der Waals surface area contributed by atoms with Crippen molar-refractivity contribution in [2.45, 2.75) is 45.4 Å². The number of benzene rings is 1. The van der Waals surface area contributed by atoms with Gasteiger partial charge in [0.1, 0.15) is 0 Å². The molecule has 0 saturated carbocycles. The van der Waals surface area contributed by atoms with Gasteiger partial charge in [0, 0.05) is 24.7 Å². The van der Waals surface area contributed by atoms with E-state index in [1.807, 2.05) is 12.1 Å². The third-order valence-corrected chi connectivity index (χ3v) is 5.12. The molecule has 1 saturated heterocycles. The number of carboxylic acids is 2. The predicted molar refractivity (Wildman–Crippen MR) is 114 cm³/mol. The molecule has 9 heteroatoms. The van der Waals surface area contributed by atoms with Gasteiger partial charge in [0.15, 0.2) is 12.2 Å². The van der Waals surface area contributed by atoms with Gasteiger partial charge >= 0.3 is 11.9 Å². The van der Waals surface area contributed by atoms with Crippen LogP contribution in [0.4, 0.5) is 0 Å². The van der Waals surface area contributed by atoms with Crippen LogP contribution in [-0.2, 0) is 16.1 Å². The maximum absolute atomic E-state index is 9.77. The number of carboxylic acid groups (broad SMARTS) is 2. The molecular weight excluding hydrogens is 412 g/mol. The van der Waals surface area contributed by atoms with Crippen LogP contribution >= 0.6 is 11.6 Å².